The Hall–Kier alpha value is -3.20. The largest absolute Gasteiger partial charge is 0.420 e. The fourth-order valence-corrected chi connectivity index (χ4v) is 2.87. The molecule has 0 aliphatic rings. The highest BCUT2D eigenvalue weighted by atomic mass is 16.4. The van der Waals surface area contributed by atoms with Gasteiger partial charge in [-0.05, 0) is 35.2 Å². The van der Waals surface area contributed by atoms with Crippen molar-refractivity contribution < 1.29 is 4.42 Å². The van der Waals surface area contributed by atoms with Crippen LogP contribution in [0.2, 0.25) is 0 Å². The summed E-state index contributed by atoms with van der Waals surface area (Å²) in [6.07, 6.45) is 0.633. The van der Waals surface area contributed by atoms with Gasteiger partial charge >= 0.3 is 0 Å². The van der Waals surface area contributed by atoms with Crippen LogP contribution in [0.3, 0.4) is 0 Å². The summed E-state index contributed by atoms with van der Waals surface area (Å²) in [5.74, 6) is 1.21. The maximum Gasteiger partial charge on any atom is 0.248 e. The van der Waals surface area contributed by atoms with Crippen LogP contribution in [-0.4, -0.2) is 10.2 Å². The Morgan fingerprint density at radius 3 is 2.16 bits per heavy atom. The Morgan fingerprint density at radius 2 is 1.40 bits per heavy atom. The topological polar surface area (TPSA) is 38.9 Å². The quantitative estimate of drug-likeness (QED) is 0.510. The first-order valence-corrected chi connectivity index (χ1v) is 8.32. The second-order valence-electron chi connectivity index (χ2n) is 6.06. The Labute approximate surface area is 147 Å². The summed E-state index contributed by atoms with van der Waals surface area (Å²) in [4.78, 5) is 0. The van der Waals surface area contributed by atoms with Crippen LogP contribution in [0, 0.1) is 6.92 Å². The van der Waals surface area contributed by atoms with Crippen molar-refractivity contribution >= 4 is 0 Å². The zero-order valence-electron chi connectivity index (χ0n) is 14.0. The van der Waals surface area contributed by atoms with Gasteiger partial charge in [0, 0.05) is 5.56 Å². The molecule has 3 heteroatoms. The molecule has 0 spiro atoms. The van der Waals surface area contributed by atoms with E-state index < -0.39 is 0 Å². The summed E-state index contributed by atoms with van der Waals surface area (Å²) in [6, 6.07) is 26.9. The fraction of sp³-hybridized carbons (Fsp3) is 0.0909. The van der Waals surface area contributed by atoms with Crippen LogP contribution in [0.1, 0.15) is 17.0 Å². The third-order valence-electron chi connectivity index (χ3n) is 4.26. The van der Waals surface area contributed by atoms with Gasteiger partial charge in [-0.3, -0.25) is 0 Å². The van der Waals surface area contributed by atoms with Gasteiger partial charge in [0.15, 0.2) is 0 Å². The maximum atomic E-state index is 5.85. The van der Waals surface area contributed by atoms with Crippen molar-refractivity contribution in [2.45, 2.75) is 13.3 Å². The molecule has 0 saturated carbocycles. The number of aromatic nitrogens is 2. The molecule has 0 radical (unpaired) electrons. The van der Waals surface area contributed by atoms with Crippen LogP contribution in [-0.2, 0) is 6.42 Å². The summed E-state index contributed by atoms with van der Waals surface area (Å²) in [5.41, 5.74) is 5.69. The van der Waals surface area contributed by atoms with Gasteiger partial charge in [0.05, 0.1) is 6.42 Å². The van der Waals surface area contributed by atoms with Crippen LogP contribution < -0.4 is 0 Å². The van der Waals surface area contributed by atoms with Crippen molar-refractivity contribution in [1.29, 1.82) is 0 Å². The van der Waals surface area contributed by atoms with E-state index in [1.165, 1.54) is 11.1 Å². The zero-order valence-corrected chi connectivity index (χ0v) is 14.0. The molecule has 3 aromatic carbocycles. The lowest BCUT2D eigenvalue weighted by Gasteiger charge is -2.03. The lowest BCUT2D eigenvalue weighted by Crippen LogP contribution is -1.88. The highest BCUT2D eigenvalue weighted by Crippen LogP contribution is 2.23. The smallest absolute Gasteiger partial charge is 0.248 e. The van der Waals surface area contributed by atoms with Gasteiger partial charge in [-0.2, -0.15) is 0 Å². The monoisotopic (exact) mass is 326 g/mol. The minimum Gasteiger partial charge on any atom is -0.420 e. The van der Waals surface area contributed by atoms with Gasteiger partial charge < -0.3 is 4.42 Å². The number of nitrogens with zero attached hydrogens (tertiary/aromatic N) is 2. The van der Waals surface area contributed by atoms with Crippen LogP contribution in [0.5, 0.6) is 0 Å². The lowest BCUT2D eigenvalue weighted by atomic mass is 10.0. The normalized spacial score (nSPS) is 10.8. The molecule has 3 nitrogen and oxygen atoms in total. The molecule has 4 aromatic rings. The van der Waals surface area contributed by atoms with Gasteiger partial charge in [0.1, 0.15) is 0 Å². The molecule has 0 aliphatic carbocycles. The summed E-state index contributed by atoms with van der Waals surface area (Å²) in [6.45, 7) is 2.04. The minimum atomic E-state index is 0.578. The van der Waals surface area contributed by atoms with Crippen molar-refractivity contribution in [2.75, 3.05) is 0 Å². The van der Waals surface area contributed by atoms with E-state index in [0.29, 0.717) is 18.2 Å². The molecule has 0 N–H and O–H groups in total. The predicted molar refractivity (Wildman–Crippen MR) is 99.2 cm³/mol. The molecule has 0 aliphatic heterocycles. The molecule has 0 fully saturated rings. The van der Waals surface area contributed by atoms with Gasteiger partial charge in [0.25, 0.3) is 0 Å². The average Bonchev–Trinajstić information content (AvgIpc) is 3.12. The molecule has 0 amide bonds. The van der Waals surface area contributed by atoms with Crippen molar-refractivity contribution in [3.05, 3.63) is 95.9 Å². The second kappa shape index (κ2) is 6.73. The number of rotatable bonds is 4. The molecular formula is C22H18N2O. The molecule has 0 unspecified atom stereocenters. The summed E-state index contributed by atoms with van der Waals surface area (Å²) in [5, 5.41) is 8.38. The first-order valence-electron chi connectivity index (χ1n) is 8.32. The van der Waals surface area contributed by atoms with E-state index in [4.69, 9.17) is 4.42 Å². The van der Waals surface area contributed by atoms with E-state index >= 15 is 0 Å². The van der Waals surface area contributed by atoms with Crippen molar-refractivity contribution in [2.24, 2.45) is 0 Å². The highest BCUT2D eigenvalue weighted by Gasteiger charge is 2.11. The summed E-state index contributed by atoms with van der Waals surface area (Å²) in [7, 11) is 0. The maximum absolute atomic E-state index is 5.85. The van der Waals surface area contributed by atoms with E-state index in [9.17, 15) is 0 Å². The van der Waals surface area contributed by atoms with E-state index in [1.54, 1.807) is 0 Å². The van der Waals surface area contributed by atoms with Crippen LogP contribution in [0.25, 0.3) is 22.6 Å². The zero-order chi connectivity index (χ0) is 17.1. The van der Waals surface area contributed by atoms with Crippen LogP contribution in [0.15, 0.2) is 83.3 Å². The molecule has 0 saturated heterocycles. The third kappa shape index (κ3) is 3.36. The SMILES string of the molecule is Cc1ccccc1-c1nnc(Cc2ccc(-c3ccccc3)cc2)o1. The number of hydrogen-bond acceptors (Lipinski definition) is 3. The number of hydrogen-bond donors (Lipinski definition) is 0. The predicted octanol–water partition coefficient (Wildman–Crippen LogP) is 5.30. The minimum absolute atomic E-state index is 0.578. The fourth-order valence-electron chi connectivity index (χ4n) is 2.87. The average molecular weight is 326 g/mol. The van der Waals surface area contributed by atoms with Crippen molar-refractivity contribution in [1.82, 2.24) is 10.2 Å². The van der Waals surface area contributed by atoms with E-state index in [-0.39, 0.29) is 0 Å². The summed E-state index contributed by atoms with van der Waals surface area (Å²) >= 11 is 0. The molecule has 0 bridgehead atoms. The van der Waals surface area contributed by atoms with Crippen LogP contribution >= 0.6 is 0 Å². The van der Waals surface area contributed by atoms with Crippen molar-refractivity contribution in [3.63, 3.8) is 0 Å². The Morgan fingerprint density at radius 1 is 0.720 bits per heavy atom. The Kier molecular flexibility index (Phi) is 4.13. The lowest BCUT2D eigenvalue weighted by molar-refractivity contribution is 0.518. The van der Waals surface area contributed by atoms with Gasteiger partial charge in [-0.1, -0.05) is 72.8 Å². The van der Waals surface area contributed by atoms with E-state index in [2.05, 4.69) is 58.7 Å². The first kappa shape index (κ1) is 15.3. The molecule has 122 valence electrons. The molecule has 0 atom stereocenters. The highest BCUT2D eigenvalue weighted by molar-refractivity contribution is 5.63. The van der Waals surface area contributed by atoms with Crippen LogP contribution in [0.4, 0.5) is 0 Å². The van der Waals surface area contributed by atoms with E-state index in [1.807, 2.05) is 37.3 Å². The molecule has 4 rings (SSSR count). The van der Waals surface area contributed by atoms with Gasteiger partial charge in [0.2, 0.25) is 11.8 Å². The standard InChI is InChI=1S/C22H18N2O/c1-16-7-5-6-10-20(16)22-24-23-21(25-22)15-17-11-13-19(14-12-17)18-8-3-2-4-9-18/h2-14H,15H2,1H3. The van der Waals surface area contributed by atoms with Gasteiger partial charge in [-0.15, -0.1) is 10.2 Å². The molecule has 1 heterocycles. The van der Waals surface area contributed by atoms with E-state index in [0.717, 1.165) is 16.7 Å². The third-order valence-corrected chi connectivity index (χ3v) is 4.26. The number of benzene rings is 3. The van der Waals surface area contributed by atoms with Gasteiger partial charge in [-0.25, -0.2) is 0 Å². The van der Waals surface area contributed by atoms with Crippen molar-refractivity contribution in [3.8, 4) is 22.6 Å². The number of aryl methyl sites for hydroxylation is 1. The first-order chi connectivity index (χ1) is 12.3. The second-order valence-corrected chi connectivity index (χ2v) is 6.06. The molecule has 25 heavy (non-hydrogen) atoms. The Balaban J connectivity index is 1.52. The molecular weight excluding hydrogens is 308 g/mol. The molecule has 1 aromatic heterocycles. The Bertz CT molecular complexity index is 972. The summed E-state index contributed by atoms with van der Waals surface area (Å²) < 4.78 is 5.85.